The van der Waals surface area contributed by atoms with Gasteiger partial charge < -0.3 is 5.32 Å². The van der Waals surface area contributed by atoms with E-state index in [2.05, 4.69) is 30.3 Å². The van der Waals surface area contributed by atoms with Crippen LogP contribution in [-0.4, -0.2) is 22.2 Å². The fraction of sp³-hybridized carbons (Fsp3) is 0.750. The van der Waals surface area contributed by atoms with Gasteiger partial charge in [-0.15, -0.1) is 11.6 Å². The van der Waals surface area contributed by atoms with E-state index < -0.39 is 0 Å². The molecule has 0 aliphatic heterocycles. The molecule has 1 rings (SSSR count). The Labute approximate surface area is 103 Å². The van der Waals surface area contributed by atoms with Gasteiger partial charge in [0.25, 0.3) is 0 Å². The molecule has 0 fully saturated rings. The predicted molar refractivity (Wildman–Crippen MR) is 68.9 cm³/mol. The van der Waals surface area contributed by atoms with Gasteiger partial charge in [0, 0.05) is 24.7 Å². The summed E-state index contributed by atoms with van der Waals surface area (Å²) >= 11 is 5.61. The van der Waals surface area contributed by atoms with E-state index in [0.717, 1.165) is 31.1 Å². The molecule has 0 unspecified atom stereocenters. The molecular weight excluding hydrogens is 222 g/mol. The van der Waals surface area contributed by atoms with Crippen molar-refractivity contribution in [2.24, 2.45) is 0 Å². The molecule has 0 atom stereocenters. The van der Waals surface area contributed by atoms with Crippen molar-refractivity contribution in [2.75, 3.05) is 12.4 Å². The molecule has 16 heavy (non-hydrogen) atoms. The van der Waals surface area contributed by atoms with Gasteiger partial charge in [0.2, 0.25) is 0 Å². The average Bonchev–Trinajstić information content (AvgIpc) is 2.72. The molecule has 1 N–H and O–H groups in total. The van der Waals surface area contributed by atoms with Gasteiger partial charge in [-0.2, -0.15) is 5.10 Å². The Morgan fingerprint density at radius 3 is 2.81 bits per heavy atom. The summed E-state index contributed by atoms with van der Waals surface area (Å²) < 4.78 is 1.99. The number of hydrogen-bond donors (Lipinski definition) is 1. The maximum absolute atomic E-state index is 5.61. The first-order valence-electron chi connectivity index (χ1n) is 6.04. The maximum Gasteiger partial charge on any atom is 0.0762 e. The zero-order chi connectivity index (χ0) is 11.8. The van der Waals surface area contributed by atoms with Crippen LogP contribution >= 0.6 is 11.6 Å². The zero-order valence-electron chi connectivity index (χ0n) is 10.2. The molecular formula is C12H22ClN3. The van der Waals surface area contributed by atoms with E-state index in [1.807, 2.05) is 10.9 Å². The summed E-state index contributed by atoms with van der Waals surface area (Å²) in [4.78, 5) is 0. The van der Waals surface area contributed by atoms with Crippen molar-refractivity contribution >= 4 is 11.6 Å². The largest absolute Gasteiger partial charge is 0.311 e. The molecule has 1 heterocycles. The minimum absolute atomic E-state index is 0.442. The lowest BCUT2D eigenvalue weighted by atomic mass is 10.2. The standard InChI is InChI=1S/C12H22ClN3/c1-11(2)16-9-6-12(15-16)10-14-8-5-3-4-7-13/h6,9,11,14H,3-5,7-8,10H2,1-2H3. The second kappa shape index (κ2) is 7.69. The van der Waals surface area contributed by atoms with E-state index in [1.54, 1.807) is 0 Å². The van der Waals surface area contributed by atoms with Gasteiger partial charge in [0.05, 0.1) is 5.69 Å². The number of alkyl halides is 1. The van der Waals surface area contributed by atoms with Crippen LogP contribution in [0, 0.1) is 0 Å². The van der Waals surface area contributed by atoms with E-state index in [1.165, 1.54) is 12.8 Å². The molecule has 0 bridgehead atoms. The molecule has 0 aromatic carbocycles. The van der Waals surface area contributed by atoms with Crippen LogP contribution in [0.3, 0.4) is 0 Å². The predicted octanol–water partition coefficient (Wildman–Crippen LogP) is 2.96. The SMILES string of the molecule is CC(C)n1ccc(CNCCCCCCl)n1. The Morgan fingerprint density at radius 1 is 1.38 bits per heavy atom. The second-order valence-corrected chi connectivity index (χ2v) is 4.69. The Morgan fingerprint density at radius 2 is 2.19 bits per heavy atom. The third kappa shape index (κ3) is 4.99. The van der Waals surface area contributed by atoms with Crippen LogP contribution < -0.4 is 5.32 Å². The highest BCUT2D eigenvalue weighted by Gasteiger charge is 2.00. The lowest BCUT2D eigenvalue weighted by molar-refractivity contribution is 0.520. The summed E-state index contributed by atoms with van der Waals surface area (Å²) in [6.45, 7) is 6.18. The summed E-state index contributed by atoms with van der Waals surface area (Å²) in [6.07, 6.45) is 5.55. The monoisotopic (exact) mass is 243 g/mol. The van der Waals surface area contributed by atoms with E-state index in [-0.39, 0.29) is 0 Å². The topological polar surface area (TPSA) is 29.9 Å². The Kier molecular flexibility index (Phi) is 6.50. The van der Waals surface area contributed by atoms with Crippen LogP contribution in [0.2, 0.25) is 0 Å². The molecule has 0 aliphatic rings. The lowest BCUT2D eigenvalue weighted by Gasteiger charge is -2.04. The van der Waals surface area contributed by atoms with Crippen molar-refractivity contribution in [2.45, 2.75) is 45.7 Å². The van der Waals surface area contributed by atoms with Crippen molar-refractivity contribution < 1.29 is 0 Å². The average molecular weight is 244 g/mol. The van der Waals surface area contributed by atoms with Crippen LogP contribution in [0.15, 0.2) is 12.3 Å². The van der Waals surface area contributed by atoms with Gasteiger partial charge in [-0.3, -0.25) is 4.68 Å². The Bertz CT molecular complexity index is 284. The van der Waals surface area contributed by atoms with Crippen LogP contribution in [0.1, 0.15) is 44.8 Å². The number of halogens is 1. The molecule has 1 aromatic rings. The van der Waals surface area contributed by atoms with Gasteiger partial charge in [-0.05, 0) is 39.3 Å². The van der Waals surface area contributed by atoms with Crippen LogP contribution in [-0.2, 0) is 6.54 Å². The van der Waals surface area contributed by atoms with Gasteiger partial charge in [0.15, 0.2) is 0 Å². The summed E-state index contributed by atoms with van der Waals surface area (Å²) in [6, 6.07) is 2.52. The summed E-state index contributed by atoms with van der Waals surface area (Å²) in [5, 5.41) is 7.87. The van der Waals surface area contributed by atoms with E-state index >= 15 is 0 Å². The summed E-state index contributed by atoms with van der Waals surface area (Å²) in [7, 11) is 0. The Hall–Kier alpha value is -0.540. The van der Waals surface area contributed by atoms with Crippen molar-refractivity contribution in [1.29, 1.82) is 0 Å². The molecule has 3 nitrogen and oxygen atoms in total. The van der Waals surface area contributed by atoms with Gasteiger partial charge >= 0.3 is 0 Å². The minimum atomic E-state index is 0.442. The van der Waals surface area contributed by atoms with Crippen LogP contribution in [0.4, 0.5) is 0 Å². The first-order valence-corrected chi connectivity index (χ1v) is 6.58. The highest BCUT2D eigenvalue weighted by Crippen LogP contribution is 2.04. The highest BCUT2D eigenvalue weighted by molar-refractivity contribution is 6.17. The Balaban J connectivity index is 2.12. The molecule has 0 spiro atoms. The van der Waals surface area contributed by atoms with Gasteiger partial charge in [-0.25, -0.2) is 0 Å². The molecule has 0 saturated heterocycles. The summed E-state index contributed by atoms with van der Waals surface area (Å²) in [5.41, 5.74) is 1.12. The van der Waals surface area contributed by atoms with Gasteiger partial charge in [-0.1, -0.05) is 6.42 Å². The fourth-order valence-electron chi connectivity index (χ4n) is 1.50. The summed E-state index contributed by atoms with van der Waals surface area (Å²) in [5.74, 6) is 0.777. The minimum Gasteiger partial charge on any atom is -0.311 e. The normalized spacial score (nSPS) is 11.2. The molecule has 0 amide bonds. The molecule has 4 heteroatoms. The van der Waals surface area contributed by atoms with Crippen LogP contribution in [0.25, 0.3) is 0 Å². The van der Waals surface area contributed by atoms with Crippen molar-refractivity contribution in [3.05, 3.63) is 18.0 Å². The van der Waals surface area contributed by atoms with Crippen molar-refractivity contribution in [1.82, 2.24) is 15.1 Å². The molecule has 92 valence electrons. The van der Waals surface area contributed by atoms with E-state index in [0.29, 0.717) is 6.04 Å². The first-order chi connectivity index (χ1) is 7.74. The maximum atomic E-state index is 5.61. The third-order valence-electron chi connectivity index (χ3n) is 2.49. The third-order valence-corrected chi connectivity index (χ3v) is 2.75. The number of rotatable bonds is 8. The first kappa shape index (κ1) is 13.5. The molecule has 0 aliphatic carbocycles. The van der Waals surface area contributed by atoms with Crippen LogP contribution in [0.5, 0.6) is 0 Å². The zero-order valence-corrected chi connectivity index (χ0v) is 11.0. The van der Waals surface area contributed by atoms with Crippen molar-refractivity contribution in [3.8, 4) is 0 Å². The fourth-order valence-corrected chi connectivity index (χ4v) is 1.69. The number of unbranched alkanes of at least 4 members (excludes halogenated alkanes) is 2. The van der Waals surface area contributed by atoms with Crippen molar-refractivity contribution in [3.63, 3.8) is 0 Å². The van der Waals surface area contributed by atoms with E-state index in [9.17, 15) is 0 Å². The molecule has 1 aromatic heterocycles. The number of nitrogens with one attached hydrogen (secondary N) is 1. The number of hydrogen-bond acceptors (Lipinski definition) is 2. The quantitative estimate of drug-likeness (QED) is 0.562. The number of nitrogens with zero attached hydrogens (tertiary/aromatic N) is 2. The highest BCUT2D eigenvalue weighted by atomic mass is 35.5. The second-order valence-electron chi connectivity index (χ2n) is 4.31. The smallest absolute Gasteiger partial charge is 0.0762 e. The molecule has 0 saturated carbocycles. The van der Waals surface area contributed by atoms with E-state index in [4.69, 9.17) is 11.6 Å². The lowest BCUT2D eigenvalue weighted by Crippen LogP contribution is -2.15. The number of aromatic nitrogens is 2. The van der Waals surface area contributed by atoms with Gasteiger partial charge in [0.1, 0.15) is 0 Å². The molecule has 0 radical (unpaired) electrons.